The fourth-order valence-corrected chi connectivity index (χ4v) is 5.90. The van der Waals surface area contributed by atoms with Crippen LogP contribution in [0.3, 0.4) is 0 Å². The van der Waals surface area contributed by atoms with Crippen molar-refractivity contribution in [3.05, 3.63) is 80.7 Å². The summed E-state index contributed by atoms with van der Waals surface area (Å²) in [5, 5.41) is 2.38. The lowest BCUT2D eigenvalue weighted by molar-refractivity contribution is -0.136. The van der Waals surface area contributed by atoms with E-state index in [1.807, 2.05) is 36.4 Å². The van der Waals surface area contributed by atoms with Crippen molar-refractivity contribution in [1.29, 1.82) is 0 Å². The summed E-state index contributed by atoms with van der Waals surface area (Å²) in [5.74, 6) is -0.361. The quantitative estimate of drug-likeness (QED) is 0.314. The topological polar surface area (TPSA) is 66.9 Å². The standard InChI is InChI=1S/C28H24Cl2N2O4S/c29-22-13-19(14-23(30)26(22)36-17-18-8-9-20-6-2-3-7-21(20)12-18)15-24-27(34)32(28(35)37-24)16-25(33)31-10-4-1-5-11-31/h2-3,6-9,12-15H,1,4-5,10-11,16-17H2/b24-15-. The molecule has 0 atom stereocenters. The molecule has 0 radical (unpaired) electrons. The van der Waals surface area contributed by atoms with Gasteiger partial charge in [-0.3, -0.25) is 19.3 Å². The first-order valence-electron chi connectivity index (χ1n) is 12.0. The van der Waals surface area contributed by atoms with Crippen LogP contribution in [0.4, 0.5) is 4.79 Å². The number of fused-ring (bicyclic) bond motifs is 1. The number of halogens is 2. The van der Waals surface area contributed by atoms with E-state index in [9.17, 15) is 14.4 Å². The molecule has 2 saturated heterocycles. The van der Waals surface area contributed by atoms with Crippen LogP contribution in [0.25, 0.3) is 16.8 Å². The summed E-state index contributed by atoms with van der Waals surface area (Å²) in [6, 6.07) is 17.4. The van der Waals surface area contributed by atoms with Gasteiger partial charge >= 0.3 is 0 Å². The van der Waals surface area contributed by atoms with E-state index < -0.39 is 11.1 Å². The maximum atomic E-state index is 12.9. The summed E-state index contributed by atoms with van der Waals surface area (Å²) in [7, 11) is 0. The number of amides is 3. The van der Waals surface area contributed by atoms with Gasteiger partial charge in [0.2, 0.25) is 5.91 Å². The first-order chi connectivity index (χ1) is 17.9. The van der Waals surface area contributed by atoms with Crippen molar-refractivity contribution >= 4 is 68.9 Å². The predicted octanol–water partition coefficient (Wildman–Crippen LogP) is 6.77. The monoisotopic (exact) mass is 554 g/mol. The number of carbonyl (C=O) groups excluding carboxylic acids is 3. The zero-order chi connectivity index (χ0) is 25.9. The maximum Gasteiger partial charge on any atom is 0.294 e. The molecule has 2 aliphatic rings. The van der Waals surface area contributed by atoms with Crippen LogP contribution >= 0.6 is 35.0 Å². The zero-order valence-electron chi connectivity index (χ0n) is 19.9. The number of thioether (sulfide) groups is 1. The third kappa shape index (κ3) is 5.79. The Morgan fingerprint density at radius 1 is 0.946 bits per heavy atom. The van der Waals surface area contributed by atoms with Crippen LogP contribution in [0.15, 0.2) is 59.5 Å². The lowest BCUT2D eigenvalue weighted by atomic mass is 10.1. The molecular formula is C28H24Cl2N2O4S. The van der Waals surface area contributed by atoms with Gasteiger partial charge in [0.1, 0.15) is 13.2 Å². The van der Waals surface area contributed by atoms with Crippen molar-refractivity contribution in [3.63, 3.8) is 0 Å². The summed E-state index contributed by atoms with van der Waals surface area (Å²) in [6.07, 6.45) is 4.53. The second-order valence-corrected chi connectivity index (χ2v) is 10.8. The molecule has 3 aromatic rings. The molecular weight excluding hydrogens is 531 g/mol. The number of likely N-dealkylation sites (tertiary alicyclic amines) is 1. The van der Waals surface area contributed by atoms with Crippen molar-refractivity contribution in [3.8, 4) is 5.75 Å². The summed E-state index contributed by atoms with van der Waals surface area (Å²) in [5.41, 5.74) is 1.53. The summed E-state index contributed by atoms with van der Waals surface area (Å²) in [6.45, 7) is 1.37. The van der Waals surface area contributed by atoms with Crippen LogP contribution in [0.1, 0.15) is 30.4 Å². The van der Waals surface area contributed by atoms with Gasteiger partial charge in [-0.1, -0.05) is 59.6 Å². The molecule has 0 N–H and O–H groups in total. The number of ether oxygens (including phenoxy) is 1. The predicted molar refractivity (Wildman–Crippen MR) is 148 cm³/mol. The Labute approximate surface area is 229 Å². The molecule has 37 heavy (non-hydrogen) atoms. The van der Waals surface area contributed by atoms with E-state index in [4.69, 9.17) is 27.9 Å². The van der Waals surface area contributed by atoms with Crippen LogP contribution in [0, 0.1) is 0 Å². The van der Waals surface area contributed by atoms with Gasteiger partial charge in [0, 0.05) is 13.1 Å². The highest BCUT2D eigenvalue weighted by molar-refractivity contribution is 8.18. The average Bonchev–Trinajstić information content (AvgIpc) is 3.15. The summed E-state index contributed by atoms with van der Waals surface area (Å²) >= 11 is 13.7. The van der Waals surface area contributed by atoms with Crippen molar-refractivity contribution in [2.24, 2.45) is 0 Å². The van der Waals surface area contributed by atoms with Gasteiger partial charge in [0.25, 0.3) is 11.1 Å². The average molecular weight is 555 g/mol. The highest BCUT2D eigenvalue weighted by Crippen LogP contribution is 2.38. The van der Waals surface area contributed by atoms with Crippen LogP contribution in [0.2, 0.25) is 10.0 Å². The number of nitrogens with zero attached hydrogens (tertiary/aromatic N) is 2. The Kier molecular flexibility index (Phi) is 7.74. The molecule has 5 rings (SSSR count). The first-order valence-corrected chi connectivity index (χ1v) is 13.6. The number of piperidine rings is 1. The molecule has 0 unspecified atom stereocenters. The van der Waals surface area contributed by atoms with Gasteiger partial charge in [-0.05, 0) is 77.2 Å². The Morgan fingerprint density at radius 2 is 1.65 bits per heavy atom. The second kappa shape index (κ2) is 11.2. The molecule has 2 fully saturated rings. The van der Waals surface area contributed by atoms with Crippen LogP contribution < -0.4 is 4.74 Å². The molecule has 190 valence electrons. The van der Waals surface area contributed by atoms with Crippen molar-refractivity contribution in [2.75, 3.05) is 19.6 Å². The largest absolute Gasteiger partial charge is 0.486 e. The van der Waals surface area contributed by atoms with Crippen LogP contribution in [-0.4, -0.2) is 46.5 Å². The van der Waals surface area contributed by atoms with Gasteiger partial charge in [0.15, 0.2) is 5.75 Å². The molecule has 0 spiro atoms. The fourth-order valence-electron chi connectivity index (χ4n) is 4.45. The molecule has 0 aliphatic carbocycles. The molecule has 6 nitrogen and oxygen atoms in total. The normalized spacial score (nSPS) is 17.2. The molecule has 2 heterocycles. The van der Waals surface area contributed by atoms with Crippen molar-refractivity contribution in [1.82, 2.24) is 9.80 Å². The molecule has 3 aromatic carbocycles. The number of rotatable bonds is 6. The molecule has 9 heteroatoms. The highest BCUT2D eigenvalue weighted by Gasteiger charge is 2.37. The van der Waals surface area contributed by atoms with E-state index in [0.29, 0.717) is 34.4 Å². The van der Waals surface area contributed by atoms with E-state index in [-0.39, 0.29) is 24.0 Å². The molecule has 0 bridgehead atoms. The lowest BCUT2D eigenvalue weighted by Crippen LogP contribution is -2.44. The van der Waals surface area contributed by atoms with Gasteiger partial charge in [-0.15, -0.1) is 0 Å². The van der Waals surface area contributed by atoms with E-state index in [1.54, 1.807) is 23.1 Å². The van der Waals surface area contributed by atoms with Gasteiger partial charge < -0.3 is 9.64 Å². The van der Waals surface area contributed by atoms with E-state index in [2.05, 4.69) is 6.07 Å². The third-order valence-corrected chi connectivity index (χ3v) is 7.86. The Morgan fingerprint density at radius 3 is 2.38 bits per heavy atom. The fraction of sp³-hybridized carbons (Fsp3) is 0.250. The number of hydrogen-bond acceptors (Lipinski definition) is 5. The lowest BCUT2D eigenvalue weighted by Gasteiger charge is -2.27. The maximum absolute atomic E-state index is 12.9. The molecule has 3 amide bonds. The van der Waals surface area contributed by atoms with Crippen molar-refractivity contribution < 1.29 is 19.1 Å². The smallest absolute Gasteiger partial charge is 0.294 e. The molecule has 0 saturated carbocycles. The Hall–Kier alpha value is -3.00. The first kappa shape index (κ1) is 25.6. The summed E-state index contributed by atoms with van der Waals surface area (Å²) in [4.78, 5) is 40.9. The zero-order valence-corrected chi connectivity index (χ0v) is 22.2. The Bertz CT molecular complexity index is 1400. The van der Waals surface area contributed by atoms with Gasteiger partial charge in [0.05, 0.1) is 15.0 Å². The van der Waals surface area contributed by atoms with Crippen LogP contribution in [-0.2, 0) is 16.2 Å². The molecule has 0 aromatic heterocycles. The van der Waals surface area contributed by atoms with Crippen LogP contribution in [0.5, 0.6) is 5.75 Å². The van der Waals surface area contributed by atoms with Gasteiger partial charge in [-0.25, -0.2) is 0 Å². The highest BCUT2D eigenvalue weighted by atomic mass is 35.5. The third-order valence-electron chi connectivity index (χ3n) is 6.39. The minimum Gasteiger partial charge on any atom is -0.486 e. The van der Waals surface area contributed by atoms with Gasteiger partial charge in [-0.2, -0.15) is 0 Å². The SMILES string of the molecule is O=C(CN1C(=O)S/C(=C\c2cc(Cl)c(OCc3ccc4ccccc4c3)c(Cl)c2)C1=O)N1CCCCC1. The number of carbonyl (C=O) groups is 3. The Balaban J connectivity index is 1.27. The van der Waals surface area contributed by atoms with E-state index >= 15 is 0 Å². The second-order valence-electron chi connectivity index (χ2n) is 8.99. The minimum absolute atomic E-state index is 0.206. The number of imide groups is 1. The summed E-state index contributed by atoms with van der Waals surface area (Å²) < 4.78 is 5.92. The number of benzene rings is 3. The minimum atomic E-state index is -0.496. The molecule has 2 aliphatic heterocycles. The van der Waals surface area contributed by atoms with Crippen molar-refractivity contribution in [2.45, 2.75) is 25.9 Å². The number of hydrogen-bond donors (Lipinski definition) is 0. The van der Waals surface area contributed by atoms with E-state index in [0.717, 1.165) is 52.3 Å². The van der Waals surface area contributed by atoms with E-state index in [1.165, 1.54) is 0 Å².